The lowest BCUT2D eigenvalue weighted by atomic mass is 9.94. The first-order valence-electron chi connectivity index (χ1n) is 6.28. The number of nitrogens with zero attached hydrogens (tertiary/aromatic N) is 2. The molecule has 88 valence electrons. The topological polar surface area (TPSA) is 36.3 Å². The smallest absolute Gasteiger partial charge is 0.122 e. The molecule has 0 radical (unpaired) electrons. The Morgan fingerprint density at radius 1 is 1.24 bits per heavy atom. The van der Waals surface area contributed by atoms with Crippen molar-refractivity contribution >= 4 is 0 Å². The lowest BCUT2D eigenvalue weighted by molar-refractivity contribution is -0.190. The molecule has 2 aliphatic rings. The molecule has 0 spiro atoms. The van der Waals surface area contributed by atoms with Crippen LogP contribution in [0.1, 0.15) is 37.4 Å². The molecule has 2 heterocycles. The highest BCUT2D eigenvalue weighted by Gasteiger charge is 2.40. The maximum Gasteiger partial charge on any atom is 0.122 e. The highest BCUT2D eigenvalue weighted by Crippen LogP contribution is 2.39. The fourth-order valence-corrected chi connectivity index (χ4v) is 2.86. The maximum absolute atomic E-state index is 9.12. The van der Waals surface area contributed by atoms with Crippen LogP contribution in [0.25, 0.3) is 0 Å². The summed E-state index contributed by atoms with van der Waals surface area (Å²) in [6.45, 7) is 0. The summed E-state index contributed by atoms with van der Waals surface area (Å²) in [4.78, 5) is 5.97. The second-order valence-electron chi connectivity index (χ2n) is 4.83. The molecule has 0 unspecified atom stereocenters. The van der Waals surface area contributed by atoms with Crippen LogP contribution in [0.2, 0.25) is 0 Å². The van der Waals surface area contributed by atoms with Gasteiger partial charge in [0.15, 0.2) is 0 Å². The third-order valence-electron chi connectivity index (χ3n) is 3.74. The predicted octanol–water partition coefficient (Wildman–Crippen LogP) is 2.81. The van der Waals surface area contributed by atoms with Crippen LogP contribution in [0.3, 0.4) is 0 Å². The number of hydrogen-bond acceptors (Lipinski definition) is 3. The van der Waals surface area contributed by atoms with Gasteiger partial charge in [-0.2, -0.15) is 10.3 Å². The van der Waals surface area contributed by atoms with E-state index >= 15 is 0 Å². The van der Waals surface area contributed by atoms with E-state index in [4.69, 9.17) is 10.1 Å². The number of fused-ring (bicyclic) bond motifs is 1. The minimum absolute atomic E-state index is 0.0533. The van der Waals surface area contributed by atoms with Gasteiger partial charge in [0.2, 0.25) is 0 Å². The second-order valence-corrected chi connectivity index (χ2v) is 4.83. The molecule has 0 aliphatic carbocycles. The molecule has 2 fully saturated rings. The first kappa shape index (κ1) is 10.8. The highest BCUT2D eigenvalue weighted by molar-refractivity contribution is 5.19. The van der Waals surface area contributed by atoms with Crippen molar-refractivity contribution < 1.29 is 4.84 Å². The van der Waals surface area contributed by atoms with E-state index in [1.165, 1.54) is 5.56 Å². The summed E-state index contributed by atoms with van der Waals surface area (Å²) in [6.07, 6.45) is 4.39. The van der Waals surface area contributed by atoms with Crippen LogP contribution in [-0.2, 0) is 4.84 Å². The first-order valence-corrected chi connectivity index (χ1v) is 6.28. The number of nitriles is 1. The van der Waals surface area contributed by atoms with Gasteiger partial charge in [0.25, 0.3) is 0 Å². The van der Waals surface area contributed by atoms with Crippen molar-refractivity contribution in [1.29, 1.82) is 5.26 Å². The Morgan fingerprint density at radius 3 is 2.82 bits per heavy atom. The van der Waals surface area contributed by atoms with Gasteiger partial charge in [-0.05, 0) is 31.2 Å². The zero-order chi connectivity index (χ0) is 11.7. The van der Waals surface area contributed by atoms with Gasteiger partial charge in [0.1, 0.15) is 12.1 Å². The van der Waals surface area contributed by atoms with Crippen molar-refractivity contribution in [3.8, 4) is 6.07 Å². The van der Waals surface area contributed by atoms with E-state index in [9.17, 15) is 0 Å². The first-order chi connectivity index (χ1) is 8.38. The van der Waals surface area contributed by atoms with E-state index in [-0.39, 0.29) is 12.1 Å². The van der Waals surface area contributed by atoms with Crippen molar-refractivity contribution in [3.05, 3.63) is 35.9 Å². The summed E-state index contributed by atoms with van der Waals surface area (Å²) < 4.78 is 0. The van der Waals surface area contributed by atoms with Gasteiger partial charge in [0, 0.05) is 6.04 Å². The minimum atomic E-state index is -0.0533. The molecule has 0 bridgehead atoms. The van der Waals surface area contributed by atoms with Gasteiger partial charge in [0.05, 0.1) is 6.07 Å². The van der Waals surface area contributed by atoms with Gasteiger partial charge in [-0.1, -0.05) is 30.3 Å². The maximum atomic E-state index is 9.12. The van der Waals surface area contributed by atoms with Gasteiger partial charge < -0.3 is 0 Å². The number of hydrogen-bond donors (Lipinski definition) is 0. The van der Waals surface area contributed by atoms with E-state index in [1.807, 2.05) is 23.3 Å². The van der Waals surface area contributed by atoms with E-state index in [2.05, 4.69) is 18.2 Å². The molecule has 3 atom stereocenters. The minimum Gasteiger partial charge on any atom is -0.289 e. The van der Waals surface area contributed by atoms with Crippen molar-refractivity contribution in [2.45, 2.75) is 43.9 Å². The Labute approximate surface area is 102 Å². The summed E-state index contributed by atoms with van der Waals surface area (Å²) in [5.41, 5.74) is 1.22. The van der Waals surface area contributed by atoms with Gasteiger partial charge in [-0.15, -0.1) is 0 Å². The summed E-state index contributed by atoms with van der Waals surface area (Å²) in [5, 5.41) is 11.1. The lowest BCUT2D eigenvalue weighted by Crippen LogP contribution is -2.40. The van der Waals surface area contributed by atoms with Crippen LogP contribution < -0.4 is 0 Å². The third-order valence-corrected chi connectivity index (χ3v) is 3.74. The predicted molar refractivity (Wildman–Crippen MR) is 63.8 cm³/mol. The van der Waals surface area contributed by atoms with E-state index in [0.29, 0.717) is 6.04 Å². The molecular weight excluding hydrogens is 212 g/mol. The number of rotatable bonds is 1. The van der Waals surface area contributed by atoms with Crippen LogP contribution in [0.15, 0.2) is 30.3 Å². The molecule has 2 aliphatic heterocycles. The largest absolute Gasteiger partial charge is 0.289 e. The van der Waals surface area contributed by atoms with Crippen LogP contribution in [0.4, 0.5) is 0 Å². The highest BCUT2D eigenvalue weighted by atomic mass is 16.7. The molecular formula is C14H16N2O. The number of hydroxylamine groups is 2. The van der Waals surface area contributed by atoms with Gasteiger partial charge in [-0.3, -0.25) is 4.84 Å². The fourth-order valence-electron chi connectivity index (χ4n) is 2.86. The monoisotopic (exact) mass is 228 g/mol. The number of piperidine rings is 1. The van der Waals surface area contributed by atoms with Crippen LogP contribution in [0, 0.1) is 11.3 Å². The van der Waals surface area contributed by atoms with E-state index in [0.717, 1.165) is 25.7 Å². The Balaban J connectivity index is 1.78. The molecule has 3 heteroatoms. The Hall–Kier alpha value is -1.37. The molecule has 3 rings (SSSR count). The summed E-state index contributed by atoms with van der Waals surface area (Å²) >= 11 is 0. The van der Waals surface area contributed by atoms with Gasteiger partial charge in [-0.25, -0.2) is 0 Å². The van der Waals surface area contributed by atoms with Crippen LogP contribution in [-0.4, -0.2) is 17.1 Å². The molecule has 0 saturated carbocycles. The molecule has 0 aromatic heterocycles. The summed E-state index contributed by atoms with van der Waals surface area (Å²) in [6, 6.07) is 13.0. The van der Waals surface area contributed by atoms with E-state index in [1.54, 1.807) is 0 Å². The molecule has 2 saturated heterocycles. The van der Waals surface area contributed by atoms with E-state index < -0.39 is 0 Å². The summed E-state index contributed by atoms with van der Waals surface area (Å²) in [7, 11) is 0. The number of benzene rings is 1. The standard InChI is InChI=1S/C14H16N2O/c15-10-13-8-4-7-12-9-14(17-16(12)13)11-5-2-1-3-6-11/h1-3,5-6,12-14H,4,7-9H2/t12-,13-,14+/m0/s1. The molecule has 0 amide bonds. The average Bonchev–Trinajstić information content (AvgIpc) is 2.83. The Morgan fingerprint density at radius 2 is 2.06 bits per heavy atom. The zero-order valence-corrected chi connectivity index (χ0v) is 9.75. The fraction of sp³-hybridized carbons (Fsp3) is 0.500. The third kappa shape index (κ3) is 1.95. The van der Waals surface area contributed by atoms with Crippen molar-refractivity contribution in [2.75, 3.05) is 0 Å². The zero-order valence-electron chi connectivity index (χ0n) is 9.75. The SMILES string of the molecule is N#C[C@@H]1CCC[C@H]2C[C@H](c3ccccc3)ON21. The molecule has 1 aromatic carbocycles. The normalized spacial score (nSPS) is 33.0. The summed E-state index contributed by atoms with van der Waals surface area (Å²) in [5.74, 6) is 0. The molecule has 1 aromatic rings. The average molecular weight is 228 g/mol. The lowest BCUT2D eigenvalue weighted by Gasteiger charge is -2.31. The van der Waals surface area contributed by atoms with Gasteiger partial charge >= 0.3 is 0 Å². The Bertz CT molecular complexity index is 426. The van der Waals surface area contributed by atoms with Crippen molar-refractivity contribution in [1.82, 2.24) is 5.06 Å². The molecule has 17 heavy (non-hydrogen) atoms. The Kier molecular flexibility index (Phi) is 2.84. The second kappa shape index (κ2) is 4.48. The quantitative estimate of drug-likeness (QED) is 0.741. The van der Waals surface area contributed by atoms with Crippen molar-refractivity contribution in [2.24, 2.45) is 0 Å². The van der Waals surface area contributed by atoms with Crippen LogP contribution >= 0.6 is 0 Å². The van der Waals surface area contributed by atoms with Crippen molar-refractivity contribution in [3.63, 3.8) is 0 Å². The molecule has 3 nitrogen and oxygen atoms in total. The van der Waals surface area contributed by atoms with Crippen LogP contribution in [0.5, 0.6) is 0 Å². The molecule has 0 N–H and O–H groups in total.